The van der Waals surface area contributed by atoms with Crippen molar-refractivity contribution in [3.8, 4) is 0 Å². The van der Waals surface area contributed by atoms with Gasteiger partial charge in [-0.3, -0.25) is 5.43 Å². The van der Waals surface area contributed by atoms with Crippen molar-refractivity contribution in [2.45, 2.75) is 20.8 Å². The Labute approximate surface area is 129 Å². The van der Waals surface area contributed by atoms with Crippen molar-refractivity contribution >= 4 is 33.3 Å². The topological polar surface area (TPSA) is 76.3 Å². The fourth-order valence-electron chi connectivity index (χ4n) is 2.26. The van der Waals surface area contributed by atoms with Gasteiger partial charge in [0, 0.05) is 25.1 Å². The summed E-state index contributed by atoms with van der Waals surface area (Å²) in [6.07, 6.45) is 0. The summed E-state index contributed by atoms with van der Waals surface area (Å²) in [5, 5.41) is 1.08. The molecule has 2 heterocycles. The molecule has 0 saturated carbocycles. The highest BCUT2D eigenvalue weighted by atomic mass is 32.1. The van der Waals surface area contributed by atoms with Crippen LogP contribution >= 0.6 is 11.3 Å². The third kappa shape index (κ3) is 3.81. The van der Waals surface area contributed by atoms with Crippen LogP contribution in [0.1, 0.15) is 18.7 Å². The number of methoxy groups -OCH3 is 1. The molecule has 0 amide bonds. The van der Waals surface area contributed by atoms with Crippen LogP contribution < -0.4 is 16.2 Å². The molecule has 0 atom stereocenters. The van der Waals surface area contributed by atoms with Gasteiger partial charge in [-0.05, 0) is 18.9 Å². The van der Waals surface area contributed by atoms with Gasteiger partial charge >= 0.3 is 0 Å². The molecule has 0 spiro atoms. The van der Waals surface area contributed by atoms with Crippen LogP contribution in [0.4, 0.5) is 11.8 Å². The van der Waals surface area contributed by atoms with E-state index in [9.17, 15) is 0 Å². The van der Waals surface area contributed by atoms with Gasteiger partial charge in [0.05, 0.1) is 12.0 Å². The molecular formula is C14H23N5OS. The van der Waals surface area contributed by atoms with E-state index in [1.807, 2.05) is 0 Å². The van der Waals surface area contributed by atoms with Crippen molar-refractivity contribution in [2.24, 2.45) is 11.8 Å². The normalized spacial score (nSPS) is 11.3. The molecule has 116 valence electrons. The van der Waals surface area contributed by atoms with Crippen LogP contribution in [0.5, 0.6) is 0 Å². The van der Waals surface area contributed by atoms with E-state index in [0.29, 0.717) is 18.5 Å². The number of aromatic nitrogens is 2. The van der Waals surface area contributed by atoms with Gasteiger partial charge in [-0.1, -0.05) is 13.8 Å². The minimum atomic E-state index is 0.450. The molecule has 2 aromatic rings. The SMILES string of the molecule is COCCN(CC(C)C)c1nc(NN)nc2sc(C)cc12. The van der Waals surface area contributed by atoms with E-state index in [-0.39, 0.29) is 0 Å². The number of hydrazine groups is 1. The molecule has 0 fully saturated rings. The van der Waals surface area contributed by atoms with Gasteiger partial charge in [-0.25, -0.2) is 10.8 Å². The Morgan fingerprint density at radius 1 is 1.43 bits per heavy atom. The molecule has 0 unspecified atom stereocenters. The lowest BCUT2D eigenvalue weighted by Crippen LogP contribution is -2.32. The van der Waals surface area contributed by atoms with Crippen LogP contribution in [-0.2, 0) is 4.74 Å². The summed E-state index contributed by atoms with van der Waals surface area (Å²) in [7, 11) is 1.71. The molecule has 2 aromatic heterocycles. The number of nitrogens with zero attached hydrogens (tertiary/aromatic N) is 3. The average molecular weight is 309 g/mol. The van der Waals surface area contributed by atoms with Crippen molar-refractivity contribution < 1.29 is 4.74 Å². The lowest BCUT2D eigenvalue weighted by atomic mass is 10.2. The Balaban J connectivity index is 2.47. The number of rotatable bonds is 7. The van der Waals surface area contributed by atoms with Gasteiger partial charge in [0.25, 0.3) is 0 Å². The fourth-order valence-corrected chi connectivity index (χ4v) is 3.13. The molecule has 6 nitrogen and oxygen atoms in total. The minimum Gasteiger partial charge on any atom is -0.383 e. The molecule has 2 rings (SSSR count). The monoisotopic (exact) mass is 309 g/mol. The number of nitrogens with two attached hydrogens (primary N) is 1. The Kier molecular flexibility index (Phi) is 5.33. The minimum absolute atomic E-state index is 0.450. The third-order valence-electron chi connectivity index (χ3n) is 3.08. The second kappa shape index (κ2) is 7.02. The number of thiophene rings is 1. The fraction of sp³-hybridized carbons (Fsp3) is 0.571. The van der Waals surface area contributed by atoms with E-state index in [0.717, 1.165) is 29.1 Å². The zero-order chi connectivity index (χ0) is 15.4. The maximum Gasteiger partial charge on any atom is 0.240 e. The first-order chi connectivity index (χ1) is 10.0. The smallest absolute Gasteiger partial charge is 0.240 e. The molecule has 0 aliphatic carbocycles. The Morgan fingerprint density at radius 2 is 2.19 bits per heavy atom. The highest BCUT2D eigenvalue weighted by molar-refractivity contribution is 7.18. The first kappa shape index (κ1) is 15.9. The molecule has 0 aromatic carbocycles. The Bertz CT molecular complexity index is 598. The number of hydrogen-bond acceptors (Lipinski definition) is 7. The largest absolute Gasteiger partial charge is 0.383 e. The Hall–Kier alpha value is -1.44. The van der Waals surface area contributed by atoms with Crippen molar-refractivity contribution in [1.29, 1.82) is 0 Å². The second-order valence-electron chi connectivity index (χ2n) is 5.42. The van der Waals surface area contributed by atoms with Gasteiger partial charge in [0.15, 0.2) is 0 Å². The zero-order valence-corrected chi connectivity index (χ0v) is 13.8. The predicted molar refractivity (Wildman–Crippen MR) is 88.9 cm³/mol. The number of hydrogen-bond donors (Lipinski definition) is 2. The van der Waals surface area contributed by atoms with Gasteiger partial charge in [0.2, 0.25) is 5.95 Å². The third-order valence-corrected chi connectivity index (χ3v) is 4.02. The number of anilines is 2. The van der Waals surface area contributed by atoms with Gasteiger partial charge in [-0.15, -0.1) is 11.3 Å². The van der Waals surface area contributed by atoms with Crippen LogP contribution in [0.15, 0.2) is 6.07 Å². The second-order valence-corrected chi connectivity index (χ2v) is 6.66. The molecule has 0 bridgehead atoms. The molecule has 0 aliphatic rings. The van der Waals surface area contributed by atoms with Crippen LogP contribution in [-0.4, -0.2) is 36.8 Å². The molecule has 0 aliphatic heterocycles. The van der Waals surface area contributed by atoms with Crippen LogP contribution in [0, 0.1) is 12.8 Å². The summed E-state index contributed by atoms with van der Waals surface area (Å²) in [5.41, 5.74) is 2.56. The maximum absolute atomic E-state index is 5.50. The van der Waals surface area contributed by atoms with E-state index in [4.69, 9.17) is 10.6 Å². The van der Waals surface area contributed by atoms with E-state index in [2.05, 4.69) is 47.1 Å². The summed E-state index contributed by atoms with van der Waals surface area (Å²) >= 11 is 1.65. The van der Waals surface area contributed by atoms with Crippen molar-refractivity contribution in [3.05, 3.63) is 10.9 Å². The number of nitrogen functional groups attached to an aromatic ring is 1. The first-order valence-electron chi connectivity index (χ1n) is 7.03. The molecular weight excluding hydrogens is 286 g/mol. The lowest BCUT2D eigenvalue weighted by molar-refractivity contribution is 0.204. The zero-order valence-electron chi connectivity index (χ0n) is 13.0. The lowest BCUT2D eigenvalue weighted by Gasteiger charge is -2.26. The summed E-state index contributed by atoms with van der Waals surface area (Å²) in [6, 6.07) is 2.13. The van der Waals surface area contributed by atoms with Gasteiger partial charge in [0.1, 0.15) is 10.6 Å². The van der Waals surface area contributed by atoms with E-state index in [1.54, 1.807) is 18.4 Å². The first-order valence-corrected chi connectivity index (χ1v) is 7.85. The maximum atomic E-state index is 5.50. The van der Waals surface area contributed by atoms with Crippen LogP contribution in [0.2, 0.25) is 0 Å². The van der Waals surface area contributed by atoms with E-state index < -0.39 is 0 Å². The summed E-state index contributed by atoms with van der Waals surface area (Å²) in [5.74, 6) is 7.40. The van der Waals surface area contributed by atoms with E-state index >= 15 is 0 Å². The molecule has 7 heteroatoms. The van der Waals surface area contributed by atoms with Crippen LogP contribution in [0.3, 0.4) is 0 Å². The number of nitrogens with one attached hydrogen (secondary N) is 1. The summed E-state index contributed by atoms with van der Waals surface area (Å²) in [4.78, 5) is 13.4. The highest BCUT2D eigenvalue weighted by Gasteiger charge is 2.17. The highest BCUT2D eigenvalue weighted by Crippen LogP contribution is 2.31. The predicted octanol–water partition coefficient (Wildman–Crippen LogP) is 2.39. The van der Waals surface area contributed by atoms with Gasteiger partial charge in [-0.2, -0.15) is 4.98 Å². The van der Waals surface area contributed by atoms with Gasteiger partial charge < -0.3 is 9.64 Å². The molecule has 0 radical (unpaired) electrons. The summed E-state index contributed by atoms with van der Waals surface area (Å²) < 4.78 is 5.23. The Morgan fingerprint density at radius 3 is 2.81 bits per heavy atom. The summed E-state index contributed by atoms with van der Waals surface area (Å²) in [6.45, 7) is 8.83. The van der Waals surface area contributed by atoms with Crippen LogP contribution in [0.25, 0.3) is 10.2 Å². The quantitative estimate of drug-likeness (QED) is 0.604. The molecule has 0 saturated heterocycles. The van der Waals surface area contributed by atoms with Crippen molar-refractivity contribution in [3.63, 3.8) is 0 Å². The van der Waals surface area contributed by atoms with E-state index in [1.165, 1.54) is 4.88 Å². The molecule has 21 heavy (non-hydrogen) atoms. The standard InChI is InChI=1S/C14H23N5OS/c1-9(2)8-19(5-6-20-4)12-11-7-10(3)21-13(11)17-14(16-12)18-15/h7,9H,5-6,8,15H2,1-4H3,(H,16,17,18). The van der Waals surface area contributed by atoms with Crippen molar-refractivity contribution in [1.82, 2.24) is 9.97 Å². The average Bonchev–Trinajstić information content (AvgIpc) is 2.82. The number of aryl methyl sites for hydroxylation is 1. The van der Waals surface area contributed by atoms with Crippen molar-refractivity contribution in [2.75, 3.05) is 37.1 Å². The number of ether oxygens (including phenoxy) is 1. The molecule has 3 N–H and O–H groups in total. The number of fused-ring (bicyclic) bond motifs is 1.